The van der Waals surface area contributed by atoms with Gasteiger partial charge in [0.15, 0.2) is 0 Å². The Morgan fingerprint density at radius 2 is 0.836 bits per heavy atom. The summed E-state index contributed by atoms with van der Waals surface area (Å²) >= 11 is 0. The molecule has 2 heterocycles. The van der Waals surface area contributed by atoms with Crippen molar-refractivity contribution in [2.75, 3.05) is 4.90 Å². The highest BCUT2D eigenvalue weighted by Gasteiger charge is 2.19. The van der Waals surface area contributed by atoms with Crippen molar-refractivity contribution in [1.82, 2.24) is 0 Å². The molecule has 0 unspecified atom stereocenters. The minimum atomic E-state index is 0.902. The number of rotatable bonds is 6. The van der Waals surface area contributed by atoms with Crippen LogP contribution < -0.4 is 4.90 Å². The molecule has 3 nitrogen and oxygen atoms in total. The first kappa shape index (κ1) is 31.2. The number of para-hydroxylation sites is 4. The molecule has 0 atom stereocenters. The lowest BCUT2D eigenvalue weighted by atomic mass is 9.97. The summed E-state index contributed by atoms with van der Waals surface area (Å²) in [7, 11) is 0. The van der Waals surface area contributed by atoms with Crippen LogP contribution in [0.1, 0.15) is 0 Å². The van der Waals surface area contributed by atoms with Crippen LogP contribution in [-0.2, 0) is 0 Å². The van der Waals surface area contributed by atoms with E-state index in [-0.39, 0.29) is 0 Å². The van der Waals surface area contributed by atoms with Gasteiger partial charge in [0.2, 0.25) is 0 Å². The van der Waals surface area contributed by atoms with Gasteiger partial charge in [-0.2, -0.15) is 0 Å². The van der Waals surface area contributed by atoms with E-state index >= 15 is 0 Å². The standard InChI is InChI=1S/C52H33NO2/c1-2-11-34(12-3-1)35-21-27-39(28-22-35)53(40-29-23-36(24-30-40)42-16-10-17-46-44-14-5-8-19-49(44)54-51(42)46)48-18-7-4-13-41(48)37-25-31-43-38(33-37)26-32-47-45-15-6-9-20-50(45)55-52(43)47/h1-33H. The Labute approximate surface area is 317 Å². The summed E-state index contributed by atoms with van der Waals surface area (Å²) in [5.74, 6) is 0. The van der Waals surface area contributed by atoms with Gasteiger partial charge in [-0.05, 0) is 88.3 Å². The zero-order valence-electron chi connectivity index (χ0n) is 29.8. The number of nitrogens with zero attached hydrogens (tertiary/aromatic N) is 1. The summed E-state index contributed by atoms with van der Waals surface area (Å²) in [5, 5.41) is 6.79. The van der Waals surface area contributed by atoms with Gasteiger partial charge in [-0.15, -0.1) is 0 Å². The third kappa shape index (κ3) is 5.20. The lowest BCUT2D eigenvalue weighted by Crippen LogP contribution is -2.11. The molecule has 0 spiro atoms. The SMILES string of the molecule is c1ccc(-c2ccc(N(c3ccc(-c4cccc5c4oc4ccccc45)cc3)c3ccccc3-c3ccc4c(ccc5c6ccccc6oc45)c3)cc2)cc1. The lowest BCUT2D eigenvalue weighted by Gasteiger charge is -2.28. The number of fused-ring (bicyclic) bond motifs is 8. The minimum absolute atomic E-state index is 0.902. The van der Waals surface area contributed by atoms with Gasteiger partial charge in [0.25, 0.3) is 0 Å². The van der Waals surface area contributed by atoms with Crippen molar-refractivity contribution in [2.45, 2.75) is 0 Å². The van der Waals surface area contributed by atoms with E-state index in [0.29, 0.717) is 0 Å². The van der Waals surface area contributed by atoms with Crippen LogP contribution >= 0.6 is 0 Å². The van der Waals surface area contributed by atoms with Crippen LogP contribution in [0, 0.1) is 0 Å². The van der Waals surface area contributed by atoms with Gasteiger partial charge in [0.05, 0.1) is 5.69 Å². The first-order valence-electron chi connectivity index (χ1n) is 18.7. The van der Waals surface area contributed by atoms with Crippen molar-refractivity contribution in [3.8, 4) is 33.4 Å². The minimum Gasteiger partial charge on any atom is -0.455 e. The molecule has 0 bridgehead atoms. The summed E-state index contributed by atoms with van der Waals surface area (Å²) in [4.78, 5) is 2.36. The zero-order valence-corrected chi connectivity index (χ0v) is 29.8. The second-order valence-corrected chi connectivity index (χ2v) is 14.1. The van der Waals surface area contributed by atoms with Crippen LogP contribution in [0.3, 0.4) is 0 Å². The van der Waals surface area contributed by atoms with Crippen LogP contribution in [0.15, 0.2) is 209 Å². The van der Waals surface area contributed by atoms with Crippen molar-refractivity contribution in [2.24, 2.45) is 0 Å². The molecular weight excluding hydrogens is 671 g/mol. The van der Waals surface area contributed by atoms with Crippen LogP contribution in [0.2, 0.25) is 0 Å². The molecule has 258 valence electrons. The maximum atomic E-state index is 6.42. The number of hydrogen-bond donors (Lipinski definition) is 0. The van der Waals surface area contributed by atoms with Gasteiger partial charge < -0.3 is 13.7 Å². The number of anilines is 3. The molecule has 0 aliphatic carbocycles. The van der Waals surface area contributed by atoms with Crippen LogP contribution in [0.25, 0.3) is 88.0 Å². The average Bonchev–Trinajstić information content (AvgIpc) is 3.84. The smallest absolute Gasteiger partial charge is 0.143 e. The van der Waals surface area contributed by atoms with Crippen molar-refractivity contribution in [3.05, 3.63) is 200 Å². The summed E-state index contributed by atoms with van der Waals surface area (Å²) in [6.07, 6.45) is 0. The predicted octanol–water partition coefficient (Wildman–Crippen LogP) is 15.1. The molecule has 0 saturated heterocycles. The van der Waals surface area contributed by atoms with E-state index in [1.807, 2.05) is 24.3 Å². The Balaban J connectivity index is 1.04. The predicted molar refractivity (Wildman–Crippen MR) is 229 cm³/mol. The van der Waals surface area contributed by atoms with Crippen molar-refractivity contribution >= 4 is 71.7 Å². The molecule has 0 aliphatic heterocycles. The maximum Gasteiger partial charge on any atom is 0.143 e. The fourth-order valence-electron chi connectivity index (χ4n) is 8.22. The molecule has 9 aromatic carbocycles. The van der Waals surface area contributed by atoms with Gasteiger partial charge in [-0.1, -0.05) is 140 Å². The largest absolute Gasteiger partial charge is 0.455 e. The topological polar surface area (TPSA) is 29.5 Å². The molecular formula is C52H33NO2. The fraction of sp³-hybridized carbons (Fsp3) is 0. The molecule has 2 aromatic heterocycles. The van der Waals surface area contributed by atoms with E-state index in [4.69, 9.17) is 8.83 Å². The zero-order chi connectivity index (χ0) is 36.3. The molecule has 0 saturated carbocycles. The third-order valence-corrected chi connectivity index (χ3v) is 10.9. The van der Waals surface area contributed by atoms with E-state index in [9.17, 15) is 0 Å². The second-order valence-electron chi connectivity index (χ2n) is 14.1. The van der Waals surface area contributed by atoms with Gasteiger partial charge in [0, 0.05) is 49.4 Å². The van der Waals surface area contributed by atoms with Gasteiger partial charge >= 0.3 is 0 Å². The fourth-order valence-corrected chi connectivity index (χ4v) is 8.22. The van der Waals surface area contributed by atoms with E-state index in [1.54, 1.807) is 0 Å². The second kappa shape index (κ2) is 12.6. The number of benzene rings is 9. The highest BCUT2D eigenvalue weighted by atomic mass is 16.3. The monoisotopic (exact) mass is 703 g/mol. The van der Waals surface area contributed by atoms with Gasteiger partial charge in [-0.25, -0.2) is 0 Å². The highest BCUT2D eigenvalue weighted by molar-refractivity contribution is 6.15. The molecule has 0 aliphatic rings. The van der Waals surface area contributed by atoms with Crippen molar-refractivity contribution < 1.29 is 8.83 Å². The highest BCUT2D eigenvalue weighted by Crippen LogP contribution is 2.44. The van der Waals surface area contributed by atoms with Crippen LogP contribution in [-0.4, -0.2) is 0 Å². The Morgan fingerprint density at radius 3 is 1.58 bits per heavy atom. The molecule has 0 fully saturated rings. The van der Waals surface area contributed by atoms with Crippen LogP contribution in [0.4, 0.5) is 17.1 Å². The quantitative estimate of drug-likeness (QED) is 0.173. The maximum absolute atomic E-state index is 6.42. The first-order chi connectivity index (χ1) is 27.3. The number of hydrogen-bond acceptors (Lipinski definition) is 3. The third-order valence-electron chi connectivity index (χ3n) is 10.9. The average molecular weight is 704 g/mol. The van der Waals surface area contributed by atoms with Gasteiger partial charge in [-0.3, -0.25) is 0 Å². The van der Waals surface area contributed by atoms with Crippen molar-refractivity contribution in [1.29, 1.82) is 0 Å². The molecule has 55 heavy (non-hydrogen) atoms. The Morgan fingerprint density at radius 1 is 0.309 bits per heavy atom. The van der Waals surface area contributed by atoms with E-state index in [1.165, 1.54) is 11.1 Å². The van der Waals surface area contributed by atoms with Crippen LogP contribution in [0.5, 0.6) is 0 Å². The summed E-state index contributed by atoms with van der Waals surface area (Å²) < 4.78 is 12.8. The van der Waals surface area contributed by atoms with Gasteiger partial charge in [0.1, 0.15) is 22.3 Å². The Kier molecular flexibility index (Phi) is 7.17. The lowest BCUT2D eigenvalue weighted by molar-refractivity contribution is 0.670. The molecule has 0 amide bonds. The molecule has 0 radical (unpaired) electrons. The normalized spacial score (nSPS) is 11.6. The number of furan rings is 2. The summed E-state index contributed by atoms with van der Waals surface area (Å²) in [6, 6.07) is 71.0. The van der Waals surface area contributed by atoms with E-state index in [0.717, 1.165) is 94.0 Å². The molecule has 11 rings (SSSR count). The van der Waals surface area contributed by atoms with E-state index in [2.05, 4.69) is 181 Å². The summed E-state index contributed by atoms with van der Waals surface area (Å²) in [6.45, 7) is 0. The van der Waals surface area contributed by atoms with E-state index < -0.39 is 0 Å². The Bertz CT molecular complexity index is 3190. The summed E-state index contributed by atoms with van der Waals surface area (Å²) in [5.41, 5.74) is 13.7. The van der Waals surface area contributed by atoms with Crippen molar-refractivity contribution in [3.63, 3.8) is 0 Å². The molecule has 11 aromatic rings. The first-order valence-corrected chi connectivity index (χ1v) is 18.7. The molecule has 0 N–H and O–H groups in total. The molecule has 3 heteroatoms. The Hall–Kier alpha value is -7.36.